The predicted molar refractivity (Wildman–Crippen MR) is 116 cm³/mol. The van der Waals surface area contributed by atoms with E-state index >= 15 is 0 Å². The lowest BCUT2D eigenvalue weighted by atomic mass is 10.1. The molecule has 2 aromatic heterocycles. The second kappa shape index (κ2) is 9.71. The number of halogens is 1. The third-order valence-corrected chi connectivity index (χ3v) is 5.15. The smallest absolute Gasteiger partial charge is 0.257 e. The highest BCUT2D eigenvalue weighted by atomic mass is 35.5. The standard InChI is InChI=1S/C21H22ClN3O3S/c1-13(2)6-8-28-19-16(22)9-15(10-18(19)27-3)20(26)25-21-24-17(12-29-21)14-5-4-7-23-11-14/h4-5,7,9-13H,6,8H2,1-3H3,(H,24,25,26). The predicted octanol–water partition coefficient (Wildman–Crippen LogP) is 5.54. The quantitative estimate of drug-likeness (QED) is 0.506. The number of rotatable bonds is 8. The van der Waals surface area contributed by atoms with Gasteiger partial charge in [0.05, 0.1) is 24.4 Å². The third-order valence-electron chi connectivity index (χ3n) is 4.12. The van der Waals surface area contributed by atoms with Crippen molar-refractivity contribution in [3.8, 4) is 22.8 Å². The van der Waals surface area contributed by atoms with Gasteiger partial charge in [-0.1, -0.05) is 25.4 Å². The summed E-state index contributed by atoms with van der Waals surface area (Å²) in [5.74, 6) is 1.05. The van der Waals surface area contributed by atoms with Gasteiger partial charge in [0.2, 0.25) is 0 Å². The maximum atomic E-state index is 12.7. The van der Waals surface area contributed by atoms with E-state index in [1.807, 2.05) is 17.5 Å². The molecule has 0 fully saturated rings. The number of hydrogen-bond donors (Lipinski definition) is 1. The molecule has 0 aliphatic rings. The number of thiazole rings is 1. The molecule has 0 bridgehead atoms. The SMILES string of the molecule is COc1cc(C(=O)Nc2nc(-c3cccnc3)cs2)cc(Cl)c1OCCC(C)C. The van der Waals surface area contributed by atoms with E-state index in [1.165, 1.54) is 18.4 Å². The first-order valence-corrected chi connectivity index (χ1v) is 10.4. The minimum Gasteiger partial charge on any atom is -0.493 e. The molecular weight excluding hydrogens is 410 g/mol. The summed E-state index contributed by atoms with van der Waals surface area (Å²) in [5.41, 5.74) is 2.00. The number of carbonyl (C=O) groups is 1. The lowest BCUT2D eigenvalue weighted by molar-refractivity contribution is 0.102. The fourth-order valence-electron chi connectivity index (χ4n) is 2.54. The monoisotopic (exact) mass is 431 g/mol. The minimum absolute atomic E-state index is 0.327. The van der Waals surface area contributed by atoms with Gasteiger partial charge in [0.1, 0.15) is 0 Å². The minimum atomic E-state index is -0.328. The average Bonchev–Trinajstić information content (AvgIpc) is 3.17. The fraction of sp³-hybridized carbons (Fsp3) is 0.286. The number of methoxy groups -OCH3 is 1. The summed E-state index contributed by atoms with van der Waals surface area (Å²) in [4.78, 5) is 21.2. The molecule has 0 spiro atoms. The zero-order valence-corrected chi connectivity index (χ0v) is 18.0. The van der Waals surface area contributed by atoms with Crippen LogP contribution in [-0.2, 0) is 0 Å². The average molecular weight is 432 g/mol. The van der Waals surface area contributed by atoms with Crippen LogP contribution in [0.15, 0.2) is 42.0 Å². The van der Waals surface area contributed by atoms with Crippen LogP contribution in [0.2, 0.25) is 5.02 Å². The second-order valence-electron chi connectivity index (χ2n) is 6.75. The number of benzene rings is 1. The van der Waals surface area contributed by atoms with Crippen molar-refractivity contribution in [3.05, 3.63) is 52.6 Å². The van der Waals surface area contributed by atoms with Crippen molar-refractivity contribution in [1.29, 1.82) is 0 Å². The van der Waals surface area contributed by atoms with Crippen molar-refractivity contribution < 1.29 is 14.3 Å². The van der Waals surface area contributed by atoms with E-state index in [1.54, 1.807) is 24.5 Å². The topological polar surface area (TPSA) is 73.3 Å². The van der Waals surface area contributed by atoms with Gasteiger partial charge >= 0.3 is 0 Å². The molecule has 0 saturated carbocycles. The Morgan fingerprint density at radius 2 is 2.17 bits per heavy atom. The zero-order chi connectivity index (χ0) is 20.8. The van der Waals surface area contributed by atoms with Gasteiger partial charge in [0.25, 0.3) is 5.91 Å². The molecule has 0 unspecified atom stereocenters. The number of pyridine rings is 1. The number of amides is 1. The Bertz CT molecular complexity index is 977. The molecule has 1 N–H and O–H groups in total. The summed E-state index contributed by atoms with van der Waals surface area (Å²) < 4.78 is 11.1. The van der Waals surface area contributed by atoms with Gasteiger partial charge < -0.3 is 9.47 Å². The molecule has 0 aliphatic carbocycles. The highest BCUT2D eigenvalue weighted by Crippen LogP contribution is 2.37. The number of aromatic nitrogens is 2. The summed E-state index contributed by atoms with van der Waals surface area (Å²) >= 11 is 7.69. The molecule has 8 heteroatoms. The summed E-state index contributed by atoms with van der Waals surface area (Å²) in [6.07, 6.45) is 4.32. The van der Waals surface area contributed by atoms with E-state index in [9.17, 15) is 4.79 Å². The molecule has 29 heavy (non-hydrogen) atoms. The lowest BCUT2D eigenvalue weighted by Crippen LogP contribution is -2.12. The summed E-state index contributed by atoms with van der Waals surface area (Å²) in [5, 5.41) is 5.48. The number of nitrogens with zero attached hydrogens (tertiary/aromatic N) is 2. The van der Waals surface area contributed by atoms with Crippen LogP contribution in [0.1, 0.15) is 30.6 Å². The number of hydrogen-bond acceptors (Lipinski definition) is 6. The fourth-order valence-corrected chi connectivity index (χ4v) is 3.51. The number of carbonyl (C=O) groups excluding carboxylic acids is 1. The van der Waals surface area contributed by atoms with E-state index in [0.717, 1.165) is 17.7 Å². The molecule has 0 atom stereocenters. The van der Waals surface area contributed by atoms with E-state index in [2.05, 4.69) is 29.1 Å². The van der Waals surface area contributed by atoms with Crippen molar-refractivity contribution in [1.82, 2.24) is 9.97 Å². The first-order chi connectivity index (χ1) is 14.0. The van der Waals surface area contributed by atoms with Gasteiger partial charge in [-0.05, 0) is 36.6 Å². The molecule has 3 aromatic rings. The summed E-state index contributed by atoms with van der Waals surface area (Å²) in [6.45, 7) is 4.76. The van der Waals surface area contributed by atoms with E-state index < -0.39 is 0 Å². The summed E-state index contributed by atoms with van der Waals surface area (Å²) in [7, 11) is 1.52. The van der Waals surface area contributed by atoms with Crippen molar-refractivity contribution >= 4 is 34.0 Å². The second-order valence-corrected chi connectivity index (χ2v) is 8.02. The maximum Gasteiger partial charge on any atom is 0.257 e. The van der Waals surface area contributed by atoms with Crippen molar-refractivity contribution in [2.24, 2.45) is 5.92 Å². The number of anilines is 1. The van der Waals surface area contributed by atoms with Crippen LogP contribution in [-0.4, -0.2) is 29.6 Å². The first kappa shape index (κ1) is 21.1. The third kappa shape index (κ3) is 5.46. The van der Waals surface area contributed by atoms with Crippen LogP contribution < -0.4 is 14.8 Å². The largest absolute Gasteiger partial charge is 0.493 e. The van der Waals surface area contributed by atoms with Gasteiger partial charge in [-0.15, -0.1) is 11.3 Å². The van der Waals surface area contributed by atoms with Crippen LogP contribution >= 0.6 is 22.9 Å². The lowest BCUT2D eigenvalue weighted by Gasteiger charge is -2.14. The molecule has 152 valence electrons. The highest BCUT2D eigenvalue weighted by molar-refractivity contribution is 7.14. The van der Waals surface area contributed by atoms with Gasteiger partial charge in [-0.25, -0.2) is 4.98 Å². The molecule has 1 aromatic carbocycles. The molecule has 0 saturated heterocycles. The maximum absolute atomic E-state index is 12.7. The molecule has 1 amide bonds. The van der Waals surface area contributed by atoms with Gasteiger partial charge in [0.15, 0.2) is 16.6 Å². The molecule has 6 nitrogen and oxygen atoms in total. The normalized spacial score (nSPS) is 10.8. The Balaban J connectivity index is 1.74. The van der Waals surface area contributed by atoms with Crippen LogP contribution in [0.3, 0.4) is 0 Å². The van der Waals surface area contributed by atoms with Gasteiger partial charge in [-0.2, -0.15) is 0 Å². The molecule has 0 aliphatic heterocycles. The Labute approximate surface area is 178 Å². The number of ether oxygens (including phenoxy) is 2. The number of nitrogens with one attached hydrogen (secondary N) is 1. The Morgan fingerprint density at radius 1 is 1.34 bits per heavy atom. The molecular formula is C21H22ClN3O3S. The van der Waals surface area contributed by atoms with E-state index in [0.29, 0.717) is 39.7 Å². The highest BCUT2D eigenvalue weighted by Gasteiger charge is 2.17. The van der Waals surface area contributed by atoms with Gasteiger partial charge in [-0.3, -0.25) is 15.1 Å². The molecule has 3 rings (SSSR count). The Kier molecular flexibility index (Phi) is 7.06. The molecule has 2 heterocycles. The van der Waals surface area contributed by atoms with Crippen molar-refractivity contribution in [2.45, 2.75) is 20.3 Å². The van der Waals surface area contributed by atoms with Crippen molar-refractivity contribution in [3.63, 3.8) is 0 Å². The van der Waals surface area contributed by atoms with E-state index in [4.69, 9.17) is 21.1 Å². The zero-order valence-electron chi connectivity index (χ0n) is 16.4. The van der Waals surface area contributed by atoms with Crippen molar-refractivity contribution in [2.75, 3.05) is 19.0 Å². The van der Waals surface area contributed by atoms with E-state index in [-0.39, 0.29) is 5.91 Å². The van der Waals surface area contributed by atoms with Crippen LogP contribution in [0.25, 0.3) is 11.3 Å². The molecule has 0 radical (unpaired) electrons. The van der Waals surface area contributed by atoms with Crippen LogP contribution in [0.4, 0.5) is 5.13 Å². The summed E-state index contributed by atoms with van der Waals surface area (Å²) in [6, 6.07) is 6.93. The van der Waals surface area contributed by atoms with Crippen LogP contribution in [0.5, 0.6) is 11.5 Å². The van der Waals surface area contributed by atoms with Gasteiger partial charge in [0, 0.05) is 28.9 Å². The first-order valence-electron chi connectivity index (χ1n) is 9.15. The Hall–Kier alpha value is -2.64. The van der Waals surface area contributed by atoms with Crippen LogP contribution in [0, 0.1) is 5.92 Å². The Morgan fingerprint density at radius 3 is 2.86 bits per heavy atom.